The molecule has 102 valence electrons. The number of carbonyl (C=O) groups is 1. The molecule has 0 saturated carbocycles. The molecular formula is C14H18N2O3. The van der Waals surface area contributed by atoms with Gasteiger partial charge in [0.15, 0.2) is 0 Å². The topological polar surface area (TPSA) is 75.3 Å². The highest BCUT2D eigenvalue weighted by Crippen LogP contribution is 2.25. The summed E-state index contributed by atoms with van der Waals surface area (Å²) in [6.07, 6.45) is 2.35. The number of hydrogen-bond acceptors (Lipinski definition) is 3. The van der Waals surface area contributed by atoms with Gasteiger partial charge in [-0.1, -0.05) is 19.9 Å². The van der Waals surface area contributed by atoms with Gasteiger partial charge >= 0.3 is 5.97 Å². The minimum atomic E-state index is -0.967. The lowest BCUT2D eigenvalue weighted by Gasteiger charge is -2.24. The van der Waals surface area contributed by atoms with Gasteiger partial charge in [0.25, 0.3) is 0 Å². The number of aliphatic hydroxyl groups excluding tert-OH is 1. The predicted octanol–water partition coefficient (Wildman–Crippen LogP) is 2.14. The fourth-order valence-electron chi connectivity index (χ4n) is 2.23. The molecule has 2 rings (SSSR count). The van der Waals surface area contributed by atoms with Crippen molar-refractivity contribution in [2.45, 2.75) is 26.8 Å². The molecule has 2 N–H and O–H groups in total. The molecule has 0 atom stereocenters. The van der Waals surface area contributed by atoms with Crippen LogP contribution in [0.25, 0.3) is 11.0 Å². The second-order valence-electron chi connectivity index (χ2n) is 5.49. The minimum Gasteiger partial charge on any atom is -0.478 e. The zero-order valence-corrected chi connectivity index (χ0v) is 11.1. The number of benzene rings is 1. The maximum Gasteiger partial charge on any atom is 0.337 e. The Morgan fingerprint density at radius 3 is 2.79 bits per heavy atom. The first kappa shape index (κ1) is 13.5. The molecule has 0 bridgehead atoms. The predicted molar refractivity (Wildman–Crippen MR) is 72.2 cm³/mol. The average molecular weight is 262 g/mol. The molecular weight excluding hydrogens is 244 g/mol. The molecule has 0 radical (unpaired) electrons. The number of fused-ring (bicyclic) bond motifs is 1. The Labute approximate surface area is 111 Å². The SMILES string of the molecule is CC(C)(CCO)Cn1cnc2c(C(=O)O)cccc21. The summed E-state index contributed by atoms with van der Waals surface area (Å²) in [4.78, 5) is 15.3. The zero-order valence-electron chi connectivity index (χ0n) is 11.1. The molecule has 0 aliphatic rings. The Morgan fingerprint density at radius 1 is 1.42 bits per heavy atom. The van der Waals surface area contributed by atoms with Gasteiger partial charge in [0, 0.05) is 13.2 Å². The van der Waals surface area contributed by atoms with E-state index < -0.39 is 5.97 Å². The normalized spacial score (nSPS) is 11.9. The number of para-hydroxylation sites is 1. The van der Waals surface area contributed by atoms with Gasteiger partial charge in [0.1, 0.15) is 5.52 Å². The summed E-state index contributed by atoms with van der Waals surface area (Å²) in [5.74, 6) is -0.967. The summed E-state index contributed by atoms with van der Waals surface area (Å²) >= 11 is 0. The second-order valence-corrected chi connectivity index (χ2v) is 5.49. The van der Waals surface area contributed by atoms with Gasteiger partial charge in [-0.15, -0.1) is 0 Å². The molecule has 0 aliphatic heterocycles. The molecule has 1 heterocycles. The molecule has 0 unspecified atom stereocenters. The first-order valence-electron chi connectivity index (χ1n) is 6.22. The van der Waals surface area contributed by atoms with Crippen LogP contribution in [-0.4, -0.2) is 32.3 Å². The highest BCUT2D eigenvalue weighted by Gasteiger charge is 2.20. The number of imidazole rings is 1. The van der Waals surface area contributed by atoms with E-state index >= 15 is 0 Å². The Balaban J connectivity index is 2.41. The average Bonchev–Trinajstić information content (AvgIpc) is 2.71. The maximum atomic E-state index is 11.1. The van der Waals surface area contributed by atoms with Gasteiger partial charge in [-0.2, -0.15) is 0 Å². The Hall–Kier alpha value is -1.88. The summed E-state index contributed by atoms with van der Waals surface area (Å²) in [6, 6.07) is 5.15. The van der Waals surface area contributed by atoms with Crippen LogP contribution in [0.15, 0.2) is 24.5 Å². The van der Waals surface area contributed by atoms with Crippen molar-refractivity contribution in [1.29, 1.82) is 0 Å². The van der Waals surface area contributed by atoms with E-state index in [1.807, 2.05) is 10.6 Å². The van der Waals surface area contributed by atoms with E-state index in [2.05, 4.69) is 18.8 Å². The van der Waals surface area contributed by atoms with Crippen molar-refractivity contribution < 1.29 is 15.0 Å². The van der Waals surface area contributed by atoms with E-state index in [4.69, 9.17) is 10.2 Å². The van der Waals surface area contributed by atoms with Gasteiger partial charge < -0.3 is 14.8 Å². The molecule has 2 aromatic rings. The van der Waals surface area contributed by atoms with Crippen LogP contribution in [0.2, 0.25) is 0 Å². The summed E-state index contributed by atoms with van der Waals surface area (Å²) in [5.41, 5.74) is 1.47. The summed E-state index contributed by atoms with van der Waals surface area (Å²) in [7, 11) is 0. The first-order chi connectivity index (χ1) is 8.94. The van der Waals surface area contributed by atoms with E-state index in [-0.39, 0.29) is 17.6 Å². The standard InChI is InChI=1S/C14H18N2O3/c1-14(2,6-7-17)8-16-9-15-12-10(13(18)19)4-3-5-11(12)16/h3-5,9,17H,6-8H2,1-2H3,(H,18,19). The summed E-state index contributed by atoms with van der Waals surface area (Å²) in [6.45, 7) is 4.96. The van der Waals surface area contributed by atoms with Crippen LogP contribution in [0.1, 0.15) is 30.6 Å². The van der Waals surface area contributed by atoms with E-state index in [1.54, 1.807) is 18.5 Å². The van der Waals surface area contributed by atoms with Gasteiger partial charge in [-0.3, -0.25) is 0 Å². The smallest absolute Gasteiger partial charge is 0.337 e. The molecule has 0 spiro atoms. The third-order valence-electron chi connectivity index (χ3n) is 3.27. The fourth-order valence-corrected chi connectivity index (χ4v) is 2.23. The zero-order chi connectivity index (χ0) is 14.0. The lowest BCUT2D eigenvalue weighted by atomic mass is 9.89. The molecule has 0 fully saturated rings. The van der Waals surface area contributed by atoms with Crippen LogP contribution in [0.3, 0.4) is 0 Å². The van der Waals surface area contributed by atoms with Crippen LogP contribution in [-0.2, 0) is 6.54 Å². The number of hydrogen-bond donors (Lipinski definition) is 2. The molecule has 19 heavy (non-hydrogen) atoms. The lowest BCUT2D eigenvalue weighted by molar-refractivity contribution is 0.0699. The summed E-state index contributed by atoms with van der Waals surface area (Å²) in [5, 5.41) is 18.2. The number of carboxylic acid groups (broad SMARTS) is 1. The number of aromatic nitrogens is 2. The quantitative estimate of drug-likeness (QED) is 0.865. The van der Waals surface area contributed by atoms with Crippen molar-refractivity contribution in [3.05, 3.63) is 30.1 Å². The molecule has 0 saturated heterocycles. The molecule has 5 nitrogen and oxygen atoms in total. The minimum absolute atomic E-state index is 0.0678. The van der Waals surface area contributed by atoms with Crippen molar-refractivity contribution in [3.63, 3.8) is 0 Å². The molecule has 5 heteroatoms. The molecule has 1 aromatic heterocycles. The molecule has 0 amide bonds. The highest BCUT2D eigenvalue weighted by atomic mass is 16.4. The van der Waals surface area contributed by atoms with Crippen LogP contribution in [0.5, 0.6) is 0 Å². The number of aromatic carboxylic acids is 1. The fraction of sp³-hybridized carbons (Fsp3) is 0.429. The third-order valence-corrected chi connectivity index (χ3v) is 3.27. The van der Waals surface area contributed by atoms with Crippen LogP contribution in [0.4, 0.5) is 0 Å². The van der Waals surface area contributed by atoms with Gasteiger partial charge in [0.2, 0.25) is 0 Å². The monoisotopic (exact) mass is 262 g/mol. The van der Waals surface area contributed by atoms with Crippen LogP contribution >= 0.6 is 0 Å². The Kier molecular flexibility index (Phi) is 3.57. The molecule has 0 aliphatic carbocycles. The Bertz CT molecular complexity index is 602. The number of rotatable bonds is 5. The molecule has 1 aromatic carbocycles. The Morgan fingerprint density at radius 2 is 2.16 bits per heavy atom. The maximum absolute atomic E-state index is 11.1. The van der Waals surface area contributed by atoms with Gasteiger partial charge in [-0.05, 0) is 24.0 Å². The van der Waals surface area contributed by atoms with Gasteiger partial charge in [-0.25, -0.2) is 9.78 Å². The van der Waals surface area contributed by atoms with Crippen molar-refractivity contribution in [2.75, 3.05) is 6.61 Å². The lowest BCUT2D eigenvalue weighted by Crippen LogP contribution is -2.20. The first-order valence-corrected chi connectivity index (χ1v) is 6.22. The number of nitrogens with zero attached hydrogens (tertiary/aromatic N) is 2. The van der Waals surface area contributed by atoms with Crippen LogP contribution in [0, 0.1) is 5.41 Å². The van der Waals surface area contributed by atoms with E-state index in [1.165, 1.54) is 0 Å². The van der Waals surface area contributed by atoms with Crippen molar-refractivity contribution >= 4 is 17.0 Å². The number of aliphatic hydroxyl groups is 1. The van der Waals surface area contributed by atoms with Crippen LogP contribution < -0.4 is 0 Å². The number of carboxylic acids is 1. The van der Waals surface area contributed by atoms with E-state index in [0.29, 0.717) is 18.5 Å². The van der Waals surface area contributed by atoms with Crippen molar-refractivity contribution in [1.82, 2.24) is 9.55 Å². The summed E-state index contributed by atoms with van der Waals surface area (Å²) < 4.78 is 1.94. The van der Waals surface area contributed by atoms with Crippen molar-refractivity contribution in [2.24, 2.45) is 5.41 Å². The third kappa shape index (κ3) is 2.76. The van der Waals surface area contributed by atoms with Gasteiger partial charge in [0.05, 0.1) is 17.4 Å². The van der Waals surface area contributed by atoms with Crippen molar-refractivity contribution in [3.8, 4) is 0 Å². The highest BCUT2D eigenvalue weighted by molar-refractivity contribution is 6.00. The van der Waals surface area contributed by atoms with E-state index in [0.717, 1.165) is 5.52 Å². The van der Waals surface area contributed by atoms with E-state index in [9.17, 15) is 4.79 Å². The largest absolute Gasteiger partial charge is 0.478 e. The second kappa shape index (κ2) is 5.01.